The number of rotatable bonds is 9. The van der Waals surface area contributed by atoms with Gasteiger partial charge in [0.05, 0.1) is 12.8 Å². The van der Waals surface area contributed by atoms with Gasteiger partial charge in [-0.05, 0) is 74.7 Å². The number of hydrazone groups is 1. The lowest BCUT2D eigenvalue weighted by Gasteiger charge is -2.13. The molecule has 2 aromatic rings. The van der Waals surface area contributed by atoms with E-state index >= 15 is 0 Å². The number of carbonyl (C=O) groups is 3. The van der Waals surface area contributed by atoms with Gasteiger partial charge in [-0.2, -0.15) is 5.10 Å². The Morgan fingerprint density at radius 2 is 1.72 bits per heavy atom. The summed E-state index contributed by atoms with van der Waals surface area (Å²) in [4.78, 5) is 35.2. The average Bonchev–Trinajstić information content (AvgIpc) is 2.76. The van der Waals surface area contributed by atoms with E-state index in [0.717, 1.165) is 11.1 Å². The Bertz CT molecular complexity index is 1000. The lowest BCUT2D eigenvalue weighted by Crippen LogP contribution is -2.37. The van der Waals surface area contributed by atoms with Crippen LogP contribution in [0.2, 0.25) is 0 Å². The van der Waals surface area contributed by atoms with E-state index in [9.17, 15) is 14.4 Å². The van der Waals surface area contributed by atoms with E-state index in [-0.39, 0.29) is 12.5 Å². The van der Waals surface area contributed by atoms with Gasteiger partial charge < -0.3 is 20.1 Å². The largest absolute Gasteiger partial charge is 0.490 e. The summed E-state index contributed by atoms with van der Waals surface area (Å²) in [5, 5.41) is 8.94. The van der Waals surface area contributed by atoms with Gasteiger partial charge in [-0.15, -0.1) is 0 Å². The number of aryl methyl sites for hydroxylation is 2. The lowest BCUT2D eigenvalue weighted by molar-refractivity contribution is -0.139. The summed E-state index contributed by atoms with van der Waals surface area (Å²) in [6, 6.07) is 10.7. The summed E-state index contributed by atoms with van der Waals surface area (Å²) in [5.74, 6) is -1.10. The van der Waals surface area contributed by atoms with Crippen molar-refractivity contribution in [3.05, 3.63) is 53.1 Å². The van der Waals surface area contributed by atoms with E-state index in [4.69, 9.17) is 9.47 Å². The van der Waals surface area contributed by atoms with Crippen LogP contribution in [-0.2, 0) is 14.4 Å². The van der Waals surface area contributed by atoms with Gasteiger partial charge >= 0.3 is 11.8 Å². The predicted molar refractivity (Wildman–Crippen MR) is 122 cm³/mol. The van der Waals surface area contributed by atoms with Crippen LogP contribution < -0.4 is 25.5 Å². The first kappa shape index (κ1) is 24.4. The first-order chi connectivity index (χ1) is 15.3. The summed E-state index contributed by atoms with van der Waals surface area (Å²) >= 11 is 0. The predicted octanol–water partition coefficient (Wildman–Crippen LogP) is 2.31. The standard InChI is InChI=1S/C23H28N4O5/c1-5-24-22(29)23(30)27-25-13-17-8-10-19(20(12-17)31-6-2)32-14-21(28)26-18-9-7-15(3)16(4)11-18/h7-13H,5-6,14H2,1-4H3,(H,24,29)(H,26,28)(H,27,30)/b25-13-. The molecule has 9 nitrogen and oxygen atoms in total. The molecule has 0 saturated heterocycles. The number of amides is 3. The molecule has 3 amide bonds. The third-order valence-corrected chi connectivity index (χ3v) is 4.34. The molecular formula is C23H28N4O5. The molecule has 0 aliphatic rings. The number of nitrogens with zero attached hydrogens (tertiary/aromatic N) is 1. The van der Waals surface area contributed by atoms with Crippen LogP contribution in [0.5, 0.6) is 11.5 Å². The number of hydrogen-bond acceptors (Lipinski definition) is 6. The smallest absolute Gasteiger partial charge is 0.329 e. The number of ether oxygens (including phenoxy) is 2. The Hall–Kier alpha value is -3.88. The number of anilines is 1. The van der Waals surface area contributed by atoms with Gasteiger partial charge in [0.2, 0.25) is 0 Å². The summed E-state index contributed by atoms with van der Waals surface area (Å²) in [7, 11) is 0. The Balaban J connectivity index is 1.98. The molecule has 0 bridgehead atoms. The van der Waals surface area contributed by atoms with Gasteiger partial charge in [0.25, 0.3) is 5.91 Å². The molecule has 9 heteroatoms. The maximum absolute atomic E-state index is 12.3. The first-order valence-electron chi connectivity index (χ1n) is 10.2. The highest BCUT2D eigenvalue weighted by atomic mass is 16.5. The van der Waals surface area contributed by atoms with Crippen molar-refractivity contribution in [3.8, 4) is 11.5 Å². The molecule has 2 rings (SSSR count). The summed E-state index contributed by atoms with van der Waals surface area (Å²) in [5.41, 5.74) is 5.69. The molecule has 0 radical (unpaired) electrons. The van der Waals surface area contributed by atoms with Crippen molar-refractivity contribution >= 4 is 29.6 Å². The van der Waals surface area contributed by atoms with Crippen LogP contribution in [0.3, 0.4) is 0 Å². The zero-order chi connectivity index (χ0) is 23.5. The highest BCUT2D eigenvalue weighted by Crippen LogP contribution is 2.28. The fraction of sp³-hybridized carbons (Fsp3) is 0.304. The van der Waals surface area contributed by atoms with Crippen molar-refractivity contribution in [2.24, 2.45) is 5.10 Å². The maximum Gasteiger partial charge on any atom is 0.329 e. The normalized spacial score (nSPS) is 10.5. The second-order valence-corrected chi connectivity index (χ2v) is 6.83. The molecule has 0 heterocycles. The lowest BCUT2D eigenvalue weighted by atomic mass is 10.1. The highest BCUT2D eigenvalue weighted by Gasteiger charge is 2.11. The Morgan fingerprint density at radius 1 is 0.938 bits per heavy atom. The second-order valence-electron chi connectivity index (χ2n) is 6.83. The van der Waals surface area contributed by atoms with E-state index in [1.807, 2.05) is 39.0 Å². The van der Waals surface area contributed by atoms with Gasteiger partial charge in [-0.25, -0.2) is 5.43 Å². The molecule has 0 spiro atoms. The van der Waals surface area contributed by atoms with Crippen LogP contribution in [0.25, 0.3) is 0 Å². The van der Waals surface area contributed by atoms with Gasteiger partial charge in [0.15, 0.2) is 18.1 Å². The van der Waals surface area contributed by atoms with Crippen molar-refractivity contribution in [2.45, 2.75) is 27.7 Å². The molecule has 0 aromatic heterocycles. The number of hydrogen-bond donors (Lipinski definition) is 3. The van der Waals surface area contributed by atoms with Gasteiger partial charge in [0.1, 0.15) is 0 Å². The van der Waals surface area contributed by atoms with E-state index in [2.05, 4.69) is 21.2 Å². The zero-order valence-corrected chi connectivity index (χ0v) is 18.7. The van der Waals surface area contributed by atoms with Crippen LogP contribution in [0, 0.1) is 13.8 Å². The maximum atomic E-state index is 12.3. The van der Waals surface area contributed by atoms with Gasteiger partial charge in [-0.1, -0.05) is 6.07 Å². The first-order valence-corrected chi connectivity index (χ1v) is 10.2. The number of carbonyl (C=O) groups excluding carboxylic acids is 3. The minimum absolute atomic E-state index is 0.191. The quantitative estimate of drug-likeness (QED) is 0.314. The minimum Gasteiger partial charge on any atom is -0.490 e. The Labute approximate surface area is 187 Å². The van der Waals surface area contributed by atoms with Crippen molar-refractivity contribution in [2.75, 3.05) is 25.1 Å². The van der Waals surface area contributed by atoms with E-state index in [0.29, 0.717) is 35.9 Å². The fourth-order valence-corrected chi connectivity index (χ4v) is 2.61. The molecular weight excluding hydrogens is 412 g/mol. The fourth-order valence-electron chi connectivity index (χ4n) is 2.61. The second kappa shape index (κ2) is 12.1. The number of benzene rings is 2. The van der Waals surface area contributed by atoms with Crippen molar-refractivity contribution in [1.29, 1.82) is 0 Å². The van der Waals surface area contributed by atoms with Crippen LogP contribution >= 0.6 is 0 Å². The molecule has 170 valence electrons. The number of nitrogens with one attached hydrogen (secondary N) is 3. The molecule has 32 heavy (non-hydrogen) atoms. The van der Waals surface area contributed by atoms with Crippen LogP contribution in [-0.4, -0.2) is 43.7 Å². The van der Waals surface area contributed by atoms with E-state index in [1.165, 1.54) is 6.21 Å². The molecule has 0 aliphatic carbocycles. The Morgan fingerprint density at radius 3 is 2.41 bits per heavy atom. The van der Waals surface area contributed by atoms with Crippen LogP contribution in [0.4, 0.5) is 5.69 Å². The monoisotopic (exact) mass is 440 g/mol. The summed E-state index contributed by atoms with van der Waals surface area (Å²) < 4.78 is 11.2. The third kappa shape index (κ3) is 7.42. The molecule has 2 aromatic carbocycles. The molecule has 3 N–H and O–H groups in total. The summed E-state index contributed by atoms with van der Waals surface area (Å²) in [6.45, 7) is 8.06. The number of likely N-dealkylation sites (N-methyl/N-ethyl adjacent to an activating group) is 1. The molecule has 0 atom stereocenters. The topological polar surface area (TPSA) is 118 Å². The third-order valence-electron chi connectivity index (χ3n) is 4.34. The average molecular weight is 441 g/mol. The highest BCUT2D eigenvalue weighted by molar-refractivity contribution is 6.35. The molecule has 0 saturated carbocycles. The Kier molecular flexibility index (Phi) is 9.22. The van der Waals surface area contributed by atoms with Crippen LogP contribution in [0.1, 0.15) is 30.5 Å². The molecule has 0 fully saturated rings. The summed E-state index contributed by atoms with van der Waals surface area (Å²) in [6.07, 6.45) is 1.37. The van der Waals surface area contributed by atoms with E-state index < -0.39 is 11.8 Å². The zero-order valence-electron chi connectivity index (χ0n) is 18.7. The van der Waals surface area contributed by atoms with E-state index in [1.54, 1.807) is 25.1 Å². The van der Waals surface area contributed by atoms with Crippen molar-refractivity contribution in [1.82, 2.24) is 10.7 Å². The SMILES string of the molecule is CCNC(=O)C(=O)N/N=C\c1ccc(OCC(=O)Nc2ccc(C)c(C)c2)c(OCC)c1. The van der Waals surface area contributed by atoms with Crippen molar-refractivity contribution in [3.63, 3.8) is 0 Å². The molecule has 0 aliphatic heterocycles. The van der Waals surface area contributed by atoms with Crippen molar-refractivity contribution < 1.29 is 23.9 Å². The minimum atomic E-state index is -0.858. The van der Waals surface area contributed by atoms with Crippen LogP contribution in [0.15, 0.2) is 41.5 Å². The molecule has 0 unspecified atom stereocenters. The van der Waals surface area contributed by atoms with Gasteiger partial charge in [-0.3, -0.25) is 14.4 Å². The van der Waals surface area contributed by atoms with Gasteiger partial charge in [0, 0.05) is 12.2 Å².